The van der Waals surface area contributed by atoms with Gasteiger partial charge in [0.15, 0.2) is 0 Å². The average molecular weight is 314 g/mol. The van der Waals surface area contributed by atoms with Crippen LogP contribution >= 0.6 is 0 Å². The minimum absolute atomic E-state index is 0.0321. The number of H-pyrrole nitrogens is 1. The third-order valence-corrected chi connectivity index (χ3v) is 4.31. The second kappa shape index (κ2) is 7.28. The van der Waals surface area contributed by atoms with Crippen LogP contribution in [0.4, 0.5) is 8.78 Å². The molecule has 0 aliphatic carbocycles. The van der Waals surface area contributed by atoms with Crippen molar-refractivity contribution in [2.75, 3.05) is 26.2 Å². The molecule has 5 nitrogen and oxygen atoms in total. The van der Waals surface area contributed by atoms with Crippen LogP contribution in [0.2, 0.25) is 0 Å². The number of aromatic amines is 1. The first-order valence-electron chi connectivity index (χ1n) is 7.74. The predicted molar refractivity (Wildman–Crippen MR) is 81.2 cm³/mol. The Bertz CT molecular complexity index is 549. The zero-order valence-corrected chi connectivity index (χ0v) is 13.4. The number of alkyl halides is 2. The fourth-order valence-electron chi connectivity index (χ4n) is 3.05. The molecule has 0 bridgehead atoms. The number of hydrogen-bond acceptors (Lipinski definition) is 4. The molecule has 0 radical (unpaired) electrons. The standard InChI is InChI=1S/C15H24F2N4O/c1-4-12-8-20(5-6-21(12)9-13(16)17)11(3)15-18-10(2)7-14(22)19-15/h7,11-13H,4-6,8-9H2,1-3H3,(H,18,19,22)/t11-,12-/m0/s1. The first-order valence-corrected chi connectivity index (χ1v) is 7.74. The Kier molecular flexibility index (Phi) is 5.63. The fourth-order valence-corrected chi connectivity index (χ4v) is 3.05. The van der Waals surface area contributed by atoms with Crippen LogP contribution in [-0.4, -0.2) is 58.4 Å². The number of hydrogen-bond donors (Lipinski definition) is 1. The van der Waals surface area contributed by atoms with Crippen molar-refractivity contribution in [2.45, 2.75) is 45.7 Å². The van der Waals surface area contributed by atoms with Gasteiger partial charge in [-0.15, -0.1) is 0 Å². The number of aromatic nitrogens is 2. The smallest absolute Gasteiger partial charge is 0.251 e. The van der Waals surface area contributed by atoms with Gasteiger partial charge in [0.05, 0.1) is 12.6 Å². The number of halogens is 2. The Balaban J connectivity index is 2.08. The molecule has 1 aromatic heterocycles. The molecule has 1 aliphatic heterocycles. The van der Waals surface area contributed by atoms with Gasteiger partial charge in [0, 0.05) is 37.4 Å². The number of piperazine rings is 1. The van der Waals surface area contributed by atoms with Crippen LogP contribution in [0, 0.1) is 6.92 Å². The SMILES string of the molecule is CC[C@H]1CN([C@@H](C)c2nc(C)cc(=O)[nH]2)CCN1CC(F)F. The van der Waals surface area contributed by atoms with Crippen LogP contribution < -0.4 is 5.56 Å². The third-order valence-electron chi connectivity index (χ3n) is 4.31. The van der Waals surface area contributed by atoms with Gasteiger partial charge < -0.3 is 4.98 Å². The maximum Gasteiger partial charge on any atom is 0.251 e. The lowest BCUT2D eigenvalue weighted by molar-refractivity contribution is 0.00672. The van der Waals surface area contributed by atoms with E-state index in [0.717, 1.165) is 6.42 Å². The zero-order valence-electron chi connectivity index (χ0n) is 13.4. The summed E-state index contributed by atoms with van der Waals surface area (Å²) in [6.07, 6.45) is -1.47. The summed E-state index contributed by atoms with van der Waals surface area (Å²) in [5.41, 5.74) is 0.534. The summed E-state index contributed by atoms with van der Waals surface area (Å²) in [6.45, 7) is 7.66. The Labute approximate surface area is 129 Å². The van der Waals surface area contributed by atoms with Crippen LogP contribution in [0.5, 0.6) is 0 Å². The predicted octanol–water partition coefficient (Wildman–Crippen LogP) is 1.80. The third kappa shape index (κ3) is 4.10. The Morgan fingerprint density at radius 3 is 2.77 bits per heavy atom. The molecule has 7 heteroatoms. The summed E-state index contributed by atoms with van der Waals surface area (Å²) in [7, 11) is 0. The molecular weight excluding hydrogens is 290 g/mol. The minimum atomic E-state index is -2.30. The first kappa shape index (κ1) is 17.0. The van der Waals surface area contributed by atoms with E-state index >= 15 is 0 Å². The molecule has 1 fully saturated rings. The molecule has 0 unspecified atom stereocenters. The van der Waals surface area contributed by atoms with E-state index in [0.29, 0.717) is 31.2 Å². The van der Waals surface area contributed by atoms with Crippen LogP contribution in [0.1, 0.15) is 37.8 Å². The van der Waals surface area contributed by atoms with E-state index in [1.54, 1.807) is 6.92 Å². The van der Waals surface area contributed by atoms with E-state index in [1.165, 1.54) is 6.07 Å². The summed E-state index contributed by atoms with van der Waals surface area (Å²) >= 11 is 0. The highest BCUT2D eigenvalue weighted by atomic mass is 19.3. The van der Waals surface area contributed by atoms with Crippen molar-refractivity contribution in [3.05, 3.63) is 27.9 Å². The van der Waals surface area contributed by atoms with Crippen molar-refractivity contribution in [1.82, 2.24) is 19.8 Å². The second-order valence-electron chi connectivity index (χ2n) is 5.89. The van der Waals surface area contributed by atoms with Gasteiger partial charge in [-0.25, -0.2) is 13.8 Å². The lowest BCUT2D eigenvalue weighted by atomic mass is 10.1. The van der Waals surface area contributed by atoms with E-state index in [9.17, 15) is 13.6 Å². The summed E-state index contributed by atoms with van der Waals surface area (Å²) in [6, 6.07) is 1.54. The summed E-state index contributed by atoms with van der Waals surface area (Å²) in [4.78, 5) is 22.8. The molecule has 1 saturated heterocycles. The monoisotopic (exact) mass is 314 g/mol. The molecule has 2 heterocycles. The molecular formula is C15H24F2N4O. The molecule has 22 heavy (non-hydrogen) atoms. The number of aryl methyl sites for hydroxylation is 1. The number of nitrogens with one attached hydrogen (secondary N) is 1. The summed E-state index contributed by atoms with van der Waals surface area (Å²) in [5.74, 6) is 0.641. The van der Waals surface area contributed by atoms with Gasteiger partial charge in [-0.3, -0.25) is 14.6 Å². The lowest BCUT2D eigenvalue weighted by Gasteiger charge is -2.43. The van der Waals surface area contributed by atoms with E-state index in [2.05, 4.69) is 14.9 Å². The molecule has 1 aliphatic rings. The van der Waals surface area contributed by atoms with Crippen molar-refractivity contribution >= 4 is 0 Å². The second-order valence-corrected chi connectivity index (χ2v) is 5.89. The summed E-state index contributed by atoms with van der Waals surface area (Å²) in [5, 5.41) is 0. The van der Waals surface area contributed by atoms with Crippen molar-refractivity contribution in [1.29, 1.82) is 0 Å². The number of nitrogens with zero attached hydrogens (tertiary/aromatic N) is 3. The van der Waals surface area contributed by atoms with E-state index in [4.69, 9.17) is 0 Å². The van der Waals surface area contributed by atoms with Crippen LogP contribution in [0.15, 0.2) is 10.9 Å². The van der Waals surface area contributed by atoms with Gasteiger partial charge >= 0.3 is 0 Å². The van der Waals surface area contributed by atoms with Crippen molar-refractivity contribution < 1.29 is 8.78 Å². The van der Waals surface area contributed by atoms with Crippen molar-refractivity contribution in [3.63, 3.8) is 0 Å². The van der Waals surface area contributed by atoms with Gasteiger partial charge in [-0.2, -0.15) is 0 Å². The van der Waals surface area contributed by atoms with Gasteiger partial charge in [-0.05, 0) is 20.3 Å². The Hall–Kier alpha value is -1.34. The van der Waals surface area contributed by atoms with E-state index in [1.807, 2.05) is 18.7 Å². The molecule has 2 rings (SSSR count). The van der Waals surface area contributed by atoms with Gasteiger partial charge in [0.1, 0.15) is 5.82 Å². The van der Waals surface area contributed by atoms with Gasteiger partial charge in [-0.1, -0.05) is 6.92 Å². The summed E-state index contributed by atoms with van der Waals surface area (Å²) < 4.78 is 25.3. The molecule has 0 aromatic carbocycles. The molecule has 2 atom stereocenters. The topological polar surface area (TPSA) is 52.2 Å². The maximum atomic E-state index is 12.6. The molecule has 1 aromatic rings. The minimum Gasteiger partial charge on any atom is -0.309 e. The lowest BCUT2D eigenvalue weighted by Crippen LogP contribution is -2.54. The first-order chi connectivity index (χ1) is 10.4. The van der Waals surface area contributed by atoms with Crippen molar-refractivity contribution in [3.8, 4) is 0 Å². The maximum absolute atomic E-state index is 12.6. The van der Waals surface area contributed by atoms with Crippen molar-refractivity contribution in [2.24, 2.45) is 0 Å². The molecule has 124 valence electrons. The van der Waals surface area contributed by atoms with Crippen LogP contribution in [-0.2, 0) is 0 Å². The van der Waals surface area contributed by atoms with Gasteiger partial charge in [0.2, 0.25) is 0 Å². The van der Waals surface area contributed by atoms with Crippen LogP contribution in [0.25, 0.3) is 0 Å². The highest BCUT2D eigenvalue weighted by Crippen LogP contribution is 2.22. The molecule has 0 spiro atoms. The zero-order chi connectivity index (χ0) is 16.3. The Morgan fingerprint density at radius 2 is 2.18 bits per heavy atom. The molecule has 0 saturated carbocycles. The molecule has 0 amide bonds. The fraction of sp³-hybridized carbons (Fsp3) is 0.733. The quantitative estimate of drug-likeness (QED) is 0.900. The van der Waals surface area contributed by atoms with Crippen LogP contribution in [0.3, 0.4) is 0 Å². The van der Waals surface area contributed by atoms with E-state index < -0.39 is 6.43 Å². The average Bonchev–Trinajstić information content (AvgIpc) is 2.45. The van der Waals surface area contributed by atoms with Gasteiger partial charge in [0.25, 0.3) is 12.0 Å². The Morgan fingerprint density at radius 1 is 1.45 bits per heavy atom. The van der Waals surface area contributed by atoms with E-state index in [-0.39, 0.29) is 24.2 Å². The highest BCUT2D eigenvalue weighted by molar-refractivity contribution is 5.04. The number of rotatable bonds is 5. The normalized spacial score (nSPS) is 22.2. The highest BCUT2D eigenvalue weighted by Gasteiger charge is 2.30. The largest absolute Gasteiger partial charge is 0.309 e. The molecule has 1 N–H and O–H groups in total.